The Morgan fingerprint density at radius 1 is 1.08 bits per heavy atom. The van der Waals surface area contributed by atoms with E-state index in [9.17, 15) is 9.59 Å². The molecule has 1 atom stereocenters. The van der Waals surface area contributed by atoms with Crippen molar-refractivity contribution in [1.29, 1.82) is 0 Å². The van der Waals surface area contributed by atoms with E-state index in [1.165, 1.54) is 6.20 Å². The number of piperidine rings is 1. The van der Waals surface area contributed by atoms with Crippen molar-refractivity contribution in [1.82, 2.24) is 8.10 Å². The van der Waals surface area contributed by atoms with E-state index in [0.29, 0.717) is 23.5 Å². The van der Waals surface area contributed by atoms with Crippen molar-refractivity contribution in [3.8, 4) is 11.1 Å². The first-order chi connectivity index (χ1) is 18.4. The number of nitrogens with zero attached hydrogens (tertiary/aromatic N) is 2. The summed E-state index contributed by atoms with van der Waals surface area (Å²) in [5, 5.41) is 14.9. The number of anilines is 2. The van der Waals surface area contributed by atoms with Gasteiger partial charge in [0.05, 0.1) is 6.61 Å². The summed E-state index contributed by atoms with van der Waals surface area (Å²) in [6, 6.07) is 19.1. The number of alkyl halides is 2. The molecule has 1 aliphatic rings. The van der Waals surface area contributed by atoms with Crippen LogP contribution in [0, 0.1) is 0 Å². The quantitative estimate of drug-likeness (QED) is 0.164. The standard InChI is InChI=1S/C29H35IN4O4/c1-30(2)34-16-6-9-24(19-34)38-29(37)32-26-17-21(10-13-25(26)23-7-4-3-5-8-23)12-15-28(36)33-27-14-11-22(20-35)18-31-27/h3-5,7-8,10-11,13-14,17-18,24,35H,6,9,12,15-16,19-20H2,1-2H3,(H,32,37)(H,31,33,36). The van der Waals surface area contributed by atoms with Gasteiger partial charge in [0.25, 0.3) is 0 Å². The van der Waals surface area contributed by atoms with Gasteiger partial charge in [0.15, 0.2) is 0 Å². The fourth-order valence-electron chi connectivity index (χ4n) is 4.36. The van der Waals surface area contributed by atoms with Crippen molar-refractivity contribution >= 4 is 43.6 Å². The molecule has 0 aliphatic carbocycles. The van der Waals surface area contributed by atoms with Crippen LogP contribution in [0.3, 0.4) is 0 Å². The van der Waals surface area contributed by atoms with Crippen molar-refractivity contribution < 1.29 is 19.4 Å². The Kier molecular flexibility index (Phi) is 10.1. The van der Waals surface area contributed by atoms with Crippen molar-refractivity contribution in [3.05, 3.63) is 78.0 Å². The van der Waals surface area contributed by atoms with E-state index in [1.807, 2.05) is 48.5 Å². The number of carbonyl (C=O) groups excluding carboxylic acids is 2. The van der Waals surface area contributed by atoms with Crippen LogP contribution in [-0.4, -0.2) is 54.3 Å². The monoisotopic (exact) mass is 630 g/mol. The maximum absolute atomic E-state index is 12.9. The first-order valence-corrected chi connectivity index (χ1v) is 18.0. The number of pyridine rings is 1. The average molecular weight is 631 g/mol. The first kappa shape index (κ1) is 28.0. The molecule has 0 spiro atoms. The summed E-state index contributed by atoms with van der Waals surface area (Å²) in [5.74, 6) is 0.282. The molecule has 9 heteroatoms. The molecule has 0 saturated carbocycles. The molecule has 3 aromatic rings. The van der Waals surface area contributed by atoms with E-state index in [2.05, 4.69) is 28.6 Å². The fraction of sp³-hybridized carbons (Fsp3) is 0.345. The number of aliphatic hydroxyl groups excluding tert-OH is 1. The van der Waals surface area contributed by atoms with Crippen LogP contribution < -0.4 is 10.6 Å². The van der Waals surface area contributed by atoms with Crippen LogP contribution in [-0.2, 0) is 22.6 Å². The third kappa shape index (κ3) is 7.99. The number of halogens is 1. The zero-order chi connectivity index (χ0) is 26.9. The summed E-state index contributed by atoms with van der Waals surface area (Å²) in [7, 11) is 0. The number of aryl methyl sites for hydroxylation is 1. The predicted molar refractivity (Wildman–Crippen MR) is 160 cm³/mol. The normalized spacial score (nSPS) is 16.0. The Balaban J connectivity index is 1.43. The molecule has 2 aromatic carbocycles. The number of carbonyl (C=O) groups is 2. The zero-order valence-corrected chi connectivity index (χ0v) is 24.0. The molecule has 2 amide bonds. The van der Waals surface area contributed by atoms with Gasteiger partial charge in [-0.05, 0) is 11.6 Å². The van der Waals surface area contributed by atoms with Gasteiger partial charge in [-0.2, -0.15) is 0 Å². The minimum absolute atomic E-state index is 0.0943. The van der Waals surface area contributed by atoms with Gasteiger partial charge in [-0.1, -0.05) is 6.07 Å². The van der Waals surface area contributed by atoms with Gasteiger partial charge in [0.1, 0.15) is 5.82 Å². The van der Waals surface area contributed by atoms with E-state index in [4.69, 9.17) is 9.84 Å². The van der Waals surface area contributed by atoms with Gasteiger partial charge in [-0.3, -0.25) is 4.79 Å². The second-order valence-corrected chi connectivity index (χ2v) is 14.8. The van der Waals surface area contributed by atoms with E-state index in [1.54, 1.807) is 12.1 Å². The number of hydrogen-bond donors (Lipinski definition) is 3. The zero-order valence-electron chi connectivity index (χ0n) is 21.8. The number of nitrogens with one attached hydrogen (secondary N) is 2. The molecular formula is C29H35IN4O4. The molecule has 0 bridgehead atoms. The predicted octanol–water partition coefficient (Wildman–Crippen LogP) is 5.51. The summed E-state index contributed by atoms with van der Waals surface area (Å²) in [5.41, 5.74) is 4.15. The van der Waals surface area contributed by atoms with Crippen LogP contribution in [0.5, 0.6) is 0 Å². The SMILES string of the molecule is CI(C)N1CCCC(OC(=O)Nc2cc(CCC(=O)Nc3ccc(CO)cn3)ccc2-c2ccccc2)C1. The number of hydrogen-bond acceptors (Lipinski definition) is 6. The number of rotatable bonds is 9. The summed E-state index contributed by atoms with van der Waals surface area (Å²) < 4.78 is 8.32. The van der Waals surface area contributed by atoms with Crippen LogP contribution in [0.2, 0.25) is 0 Å². The fourth-order valence-corrected chi connectivity index (χ4v) is 6.90. The molecule has 3 N–H and O–H groups in total. The third-order valence-corrected chi connectivity index (χ3v) is 10.0. The van der Waals surface area contributed by atoms with E-state index >= 15 is 0 Å². The molecule has 1 unspecified atom stereocenters. The number of amides is 2. The number of benzene rings is 2. The maximum atomic E-state index is 12.9. The van der Waals surface area contributed by atoms with Crippen LogP contribution in [0.1, 0.15) is 30.4 Å². The molecule has 1 aliphatic heterocycles. The Bertz CT molecular complexity index is 1220. The molecule has 4 rings (SSSR count). The van der Waals surface area contributed by atoms with Crippen LogP contribution >= 0.6 is 20.1 Å². The minimum atomic E-state index is -1.10. The summed E-state index contributed by atoms with van der Waals surface area (Å²) in [4.78, 5) is 34.2. The van der Waals surface area contributed by atoms with Gasteiger partial charge in [-0.25, -0.2) is 4.98 Å². The third-order valence-electron chi connectivity index (χ3n) is 6.40. The second kappa shape index (κ2) is 13.7. The van der Waals surface area contributed by atoms with Crippen molar-refractivity contribution in [2.75, 3.05) is 33.6 Å². The van der Waals surface area contributed by atoms with Crippen LogP contribution in [0.15, 0.2) is 66.9 Å². The average Bonchev–Trinajstić information content (AvgIpc) is 2.93. The molecule has 0 radical (unpaired) electrons. The number of aromatic nitrogens is 1. The first-order valence-electron chi connectivity index (χ1n) is 12.7. The number of aliphatic hydroxyl groups is 1. The summed E-state index contributed by atoms with van der Waals surface area (Å²) >= 11 is -1.10. The Morgan fingerprint density at radius 3 is 2.58 bits per heavy atom. The molecular weight excluding hydrogens is 595 g/mol. The van der Waals surface area contributed by atoms with Crippen molar-refractivity contribution in [2.24, 2.45) is 0 Å². The van der Waals surface area contributed by atoms with Gasteiger partial charge in [-0.15, -0.1) is 0 Å². The van der Waals surface area contributed by atoms with E-state index < -0.39 is 26.2 Å². The topological polar surface area (TPSA) is 104 Å². The van der Waals surface area contributed by atoms with Gasteiger partial charge >= 0.3 is 176 Å². The van der Waals surface area contributed by atoms with Crippen molar-refractivity contribution in [2.45, 2.75) is 38.4 Å². The second-order valence-electron chi connectivity index (χ2n) is 9.38. The van der Waals surface area contributed by atoms with Crippen LogP contribution in [0.4, 0.5) is 16.3 Å². The molecule has 2 heterocycles. The van der Waals surface area contributed by atoms with Gasteiger partial charge in [0.2, 0.25) is 0 Å². The molecule has 38 heavy (non-hydrogen) atoms. The van der Waals surface area contributed by atoms with Gasteiger partial charge < -0.3 is 10.4 Å². The molecule has 1 saturated heterocycles. The summed E-state index contributed by atoms with van der Waals surface area (Å²) in [6.07, 6.45) is 3.66. The van der Waals surface area contributed by atoms with Crippen LogP contribution in [0.25, 0.3) is 11.1 Å². The Morgan fingerprint density at radius 2 is 1.87 bits per heavy atom. The molecule has 1 aromatic heterocycles. The van der Waals surface area contributed by atoms with Gasteiger partial charge in [0, 0.05) is 6.20 Å². The van der Waals surface area contributed by atoms with Crippen molar-refractivity contribution in [3.63, 3.8) is 0 Å². The Hall–Kier alpha value is -3.02. The number of ether oxygens (including phenoxy) is 1. The van der Waals surface area contributed by atoms with E-state index in [0.717, 1.165) is 42.6 Å². The molecule has 202 valence electrons. The Labute approximate surface area is 231 Å². The molecule has 1 fully saturated rings. The van der Waals surface area contributed by atoms with E-state index in [-0.39, 0.29) is 25.0 Å². The molecule has 8 nitrogen and oxygen atoms in total. The summed E-state index contributed by atoms with van der Waals surface area (Å²) in [6.45, 7) is 1.81.